The zero-order valence-electron chi connectivity index (χ0n) is 29.9. The van der Waals surface area contributed by atoms with Crippen LogP contribution in [0.25, 0.3) is 66.9 Å². The Labute approximate surface area is 361 Å². The van der Waals surface area contributed by atoms with Crippen molar-refractivity contribution in [1.82, 2.24) is 28.2 Å². The van der Waals surface area contributed by atoms with Crippen molar-refractivity contribution in [2.75, 3.05) is 4.93 Å². The van der Waals surface area contributed by atoms with Crippen molar-refractivity contribution in [3.8, 4) is 22.7 Å². The third kappa shape index (κ3) is 7.40. The number of hydrogen-bond acceptors (Lipinski definition) is 2. The molecule has 0 amide bonds. The first kappa shape index (κ1) is 39.1. The molecular formula is C43H37I3N8. The average molecular weight is 1050 g/mol. The van der Waals surface area contributed by atoms with Gasteiger partial charge in [0.25, 0.3) is 0 Å². The van der Waals surface area contributed by atoms with Crippen LogP contribution in [0.4, 0.5) is 0 Å². The van der Waals surface area contributed by atoms with E-state index in [4.69, 9.17) is 0 Å². The van der Waals surface area contributed by atoms with E-state index in [1.807, 2.05) is 54.0 Å². The second-order valence-corrected chi connectivity index (χ2v) is 12.4. The molecule has 54 heavy (non-hydrogen) atoms. The van der Waals surface area contributed by atoms with Crippen LogP contribution in [0, 0.1) is 0 Å². The molecule has 0 aliphatic carbocycles. The number of imidazole rings is 4. The molecule has 270 valence electrons. The molecule has 0 spiro atoms. The van der Waals surface area contributed by atoms with E-state index in [2.05, 4.69) is 196 Å². The van der Waals surface area contributed by atoms with Crippen molar-refractivity contribution < 1.29 is 57.1 Å². The number of fused-ring (bicyclic) bond motifs is 4. The summed E-state index contributed by atoms with van der Waals surface area (Å²) in [6.45, 7) is 0. The normalized spacial score (nSPS) is 10.7. The first-order chi connectivity index (χ1) is 25.6. The number of para-hydroxylation sites is 8. The van der Waals surface area contributed by atoms with Gasteiger partial charge < -0.3 is 48.0 Å². The largest absolute Gasteiger partial charge is 1.00 e. The zero-order valence-corrected chi connectivity index (χ0v) is 36.3. The van der Waals surface area contributed by atoms with Crippen LogP contribution in [-0.2, 0) is 14.1 Å². The maximum Gasteiger partial charge on any atom is 0.249 e. The molecule has 0 saturated heterocycles. The highest BCUT2D eigenvalue weighted by molar-refractivity contribution is 14.1. The number of halogens is 3. The topological polar surface area (TPSA) is 53.3 Å². The van der Waals surface area contributed by atoms with Gasteiger partial charge in [0, 0.05) is 17.4 Å². The number of aromatic nitrogens is 8. The number of nitrogens with zero attached hydrogens (tertiary/aromatic N) is 8. The lowest BCUT2D eigenvalue weighted by Gasteiger charge is -2.09. The summed E-state index contributed by atoms with van der Waals surface area (Å²) in [5.74, 6) is 0. The third-order valence-corrected chi connectivity index (χ3v) is 9.30. The van der Waals surface area contributed by atoms with E-state index in [9.17, 15) is 0 Å². The van der Waals surface area contributed by atoms with Gasteiger partial charge in [0.05, 0.1) is 36.2 Å². The summed E-state index contributed by atoms with van der Waals surface area (Å²) in [7, 11) is 4.17. The van der Waals surface area contributed by atoms with Crippen LogP contribution in [0.1, 0.15) is 0 Å². The maximum absolute atomic E-state index is 4.48. The highest BCUT2D eigenvalue weighted by Gasteiger charge is 2.18. The first-order valence-electron chi connectivity index (χ1n) is 17.0. The van der Waals surface area contributed by atoms with Crippen LogP contribution in [0.2, 0.25) is 0 Å². The molecule has 0 bridgehead atoms. The second-order valence-electron chi connectivity index (χ2n) is 12.4. The molecule has 0 aliphatic rings. The van der Waals surface area contributed by atoms with Crippen molar-refractivity contribution in [2.24, 2.45) is 14.1 Å². The minimum Gasteiger partial charge on any atom is -1.00 e. The molecule has 0 N–H and O–H groups in total. The predicted octanol–water partition coefficient (Wildman–Crippen LogP) is 2.65. The lowest BCUT2D eigenvalue weighted by atomic mass is 10.2. The Kier molecular flexibility index (Phi) is 12.5. The summed E-state index contributed by atoms with van der Waals surface area (Å²) in [5, 5.41) is 0. The molecule has 4 heterocycles. The van der Waals surface area contributed by atoms with Gasteiger partial charge in [-0.25, -0.2) is 19.1 Å². The monoisotopic (exact) mass is 1050 g/mol. The summed E-state index contributed by atoms with van der Waals surface area (Å²) in [5.41, 5.74) is 13.5. The molecule has 11 heteroatoms. The standard InChI is InChI=1S/C22H20N4.C20H14N4.CH3I.2HI/c1-23-15-25(21-12-5-3-10-19(21)23)17-8-7-9-18(14-17)26-16-24(2)20-11-4-6-13-22(20)26;1-3-10-19-17(8-1)21-13-23(19)15-6-5-7-16(12-15)24-14-22-18-9-2-4-11-20(18)24;1-2;;/h3-16H,1-2H3;1-14H;1H3;2*1H/q+2;;;;/p-2. The molecule has 10 aromatic rings. The number of rotatable bonds is 4. The average Bonchev–Trinajstić information content (AvgIpc) is 4.00. The summed E-state index contributed by atoms with van der Waals surface area (Å²) in [6.07, 6.45) is 8.01. The van der Waals surface area contributed by atoms with Gasteiger partial charge in [-0.1, -0.05) is 83.3 Å². The van der Waals surface area contributed by atoms with Crippen LogP contribution >= 0.6 is 22.6 Å². The second kappa shape index (κ2) is 17.2. The van der Waals surface area contributed by atoms with Crippen molar-refractivity contribution >= 4 is 66.7 Å². The fraction of sp³-hybridized carbons (Fsp3) is 0.0698. The maximum atomic E-state index is 4.48. The molecule has 4 aromatic heterocycles. The van der Waals surface area contributed by atoms with Gasteiger partial charge in [0.2, 0.25) is 12.7 Å². The molecule has 10 rings (SSSR count). The smallest absolute Gasteiger partial charge is 0.249 e. The highest BCUT2D eigenvalue weighted by atomic mass is 127. The van der Waals surface area contributed by atoms with E-state index < -0.39 is 0 Å². The fourth-order valence-electron chi connectivity index (χ4n) is 6.85. The number of alkyl halides is 1. The van der Waals surface area contributed by atoms with Crippen LogP contribution in [-0.4, -0.2) is 33.2 Å². The van der Waals surface area contributed by atoms with Crippen molar-refractivity contribution in [2.45, 2.75) is 0 Å². The number of benzene rings is 6. The Morgan fingerprint density at radius 1 is 0.407 bits per heavy atom. The summed E-state index contributed by atoms with van der Waals surface area (Å²) >= 11 is 2.15. The zero-order chi connectivity index (χ0) is 35.6. The van der Waals surface area contributed by atoms with E-state index >= 15 is 0 Å². The van der Waals surface area contributed by atoms with Crippen molar-refractivity contribution in [3.05, 3.63) is 171 Å². The molecule has 8 nitrogen and oxygen atoms in total. The Bertz CT molecular complexity index is 2650. The van der Waals surface area contributed by atoms with E-state index in [1.54, 1.807) is 0 Å². The SMILES string of the molecule is CI.C[n+]1cn(-c2cccc(-n3c[n+](C)c4ccccc43)c2)c2ccccc21.[I-].[I-].c1cc(-n2cnc3ccccc32)cc(-n2cnc3ccccc32)c1. The summed E-state index contributed by atoms with van der Waals surface area (Å²) in [4.78, 5) is 10.9. The molecule has 0 aliphatic heterocycles. The van der Waals surface area contributed by atoms with Crippen LogP contribution < -0.4 is 57.1 Å². The minimum absolute atomic E-state index is 0. The van der Waals surface area contributed by atoms with Gasteiger partial charge in [-0.3, -0.25) is 9.13 Å². The third-order valence-electron chi connectivity index (χ3n) is 9.30. The lowest BCUT2D eigenvalue weighted by Crippen LogP contribution is -3.00. The van der Waals surface area contributed by atoms with E-state index in [0.717, 1.165) is 44.8 Å². The predicted molar refractivity (Wildman–Crippen MR) is 218 cm³/mol. The quantitative estimate of drug-likeness (QED) is 0.155. The van der Waals surface area contributed by atoms with E-state index in [0.29, 0.717) is 0 Å². The van der Waals surface area contributed by atoms with Crippen LogP contribution in [0.3, 0.4) is 0 Å². The highest BCUT2D eigenvalue weighted by Crippen LogP contribution is 2.24. The Hall–Kier alpha value is -4.61. The van der Waals surface area contributed by atoms with Gasteiger partial charge in [-0.05, 0) is 83.8 Å². The molecular weight excluding hydrogens is 1010 g/mol. The van der Waals surface area contributed by atoms with Crippen molar-refractivity contribution in [3.63, 3.8) is 0 Å². The molecule has 0 fully saturated rings. The molecule has 0 atom stereocenters. The molecule has 0 saturated carbocycles. The fourth-order valence-corrected chi connectivity index (χ4v) is 6.85. The molecule has 0 radical (unpaired) electrons. The molecule has 0 unspecified atom stereocenters. The van der Waals surface area contributed by atoms with Crippen LogP contribution in [0.15, 0.2) is 171 Å². The Balaban J connectivity index is 0.000000171. The van der Waals surface area contributed by atoms with Gasteiger partial charge in [-0.2, -0.15) is 9.13 Å². The Morgan fingerprint density at radius 2 is 0.741 bits per heavy atom. The van der Waals surface area contributed by atoms with Crippen LogP contribution in [0.5, 0.6) is 0 Å². The van der Waals surface area contributed by atoms with Gasteiger partial charge in [-0.15, -0.1) is 0 Å². The number of hydrogen-bond donors (Lipinski definition) is 0. The van der Waals surface area contributed by atoms with E-state index in [1.165, 1.54) is 22.1 Å². The lowest BCUT2D eigenvalue weighted by molar-refractivity contribution is -0.645. The first-order valence-corrected chi connectivity index (χ1v) is 19.1. The van der Waals surface area contributed by atoms with Gasteiger partial charge in [0.1, 0.15) is 24.0 Å². The molecule has 6 aromatic carbocycles. The summed E-state index contributed by atoms with van der Waals surface area (Å²) in [6, 6.07) is 50.3. The van der Waals surface area contributed by atoms with Gasteiger partial charge >= 0.3 is 0 Å². The van der Waals surface area contributed by atoms with E-state index in [-0.39, 0.29) is 48.0 Å². The van der Waals surface area contributed by atoms with Gasteiger partial charge in [0.15, 0.2) is 22.1 Å². The summed E-state index contributed by atoms with van der Waals surface area (Å²) < 4.78 is 13.0. The Morgan fingerprint density at radius 3 is 1.15 bits per heavy atom. The van der Waals surface area contributed by atoms with Crippen molar-refractivity contribution in [1.29, 1.82) is 0 Å². The number of aryl methyl sites for hydroxylation is 2. The minimum atomic E-state index is 0.